The first kappa shape index (κ1) is 14.5. The van der Waals surface area contributed by atoms with E-state index in [1.165, 1.54) is 6.42 Å². The highest BCUT2D eigenvalue weighted by atomic mass is 32.2. The Kier molecular flexibility index (Phi) is 3.76. The minimum absolute atomic E-state index is 0.311. The van der Waals surface area contributed by atoms with E-state index in [1.54, 1.807) is 12.1 Å². The summed E-state index contributed by atoms with van der Waals surface area (Å²) in [4.78, 5) is 0.382. The maximum Gasteiger partial charge on any atom is 0.241 e. The lowest BCUT2D eigenvalue weighted by molar-refractivity contribution is 0.294. The second kappa shape index (κ2) is 5.43. The van der Waals surface area contributed by atoms with E-state index in [1.807, 2.05) is 37.3 Å². The van der Waals surface area contributed by atoms with Crippen molar-refractivity contribution in [3.05, 3.63) is 42.5 Å². The normalized spacial score (nSPS) is 18.7. The Morgan fingerprint density at radius 2 is 1.62 bits per heavy atom. The molecule has 0 amide bonds. The number of fused-ring (bicyclic) bond motifs is 1. The van der Waals surface area contributed by atoms with E-state index in [-0.39, 0.29) is 5.54 Å². The molecule has 0 spiro atoms. The van der Waals surface area contributed by atoms with Crippen LogP contribution < -0.4 is 4.72 Å². The first-order valence-electron chi connectivity index (χ1n) is 7.52. The lowest BCUT2D eigenvalue weighted by Gasteiger charge is -2.34. The number of rotatable bonds is 3. The van der Waals surface area contributed by atoms with E-state index in [2.05, 4.69) is 4.72 Å². The standard InChI is InChI=1S/C17H21NO2S/c1-17(12-5-2-6-13-17)18-21(19,20)16-11-7-9-14-8-3-4-10-15(14)16/h3-4,7-11,18H,2,5-6,12-13H2,1H3. The maximum atomic E-state index is 12.8. The Morgan fingerprint density at radius 3 is 2.38 bits per heavy atom. The summed E-state index contributed by atoms with van der Waals surface area (Å²) in [5.74, 6) is 0. The molecule has 1 aliphatic rings. The molecule has 21 heavy (non-hydrogen) atoms. The average Bonchev–Trinajstić information content (AvgIpc) is 2.46. The first-order valence-corrected chi connectivity index (χ1v) is 9.00. The van der Waals surface area contributed by atoms with Crippen molar-refractivity contribution < 1.29 is 8.42 Å². The van der Waals surface area contributed by atoms with E-state index >= 15 is 0 Å². The van der Waals surface area contributed by atoms with Crippen LogP contribution in [0, 0.1) is 0 Å². The van der Waals surface area contributed by atoms with Gasteiger partial charge in [0.15, 0.2) is 0 Å². The van der Waals surface area contributed by atoms with Crippen molar-refractivity contribution in [3.8, 4) is 0 Å². The van der Waals surface area contributed by atoms with Crippen LogP contribution in [0.2, 0.25) is 0 Å². The molecule has 112 valence electrons. The second-order valence-electron chi connectivity index (χ2n) is 6.20. The fourth-order valence-electron chi connectivity index (χ4n) is 3.24. The third-order valence-electron chi connectivity index (χ3n) is 4.38. The average molecular weight is 303 g/mol. The summed E-state index contributed by atoms with van der Waals surface area (Å²) >= 11 is 0. The quantitative estimate of drug-likeness (QED) is 0.936. The van der Waals surface area contributed by atoms with Crippen molar-refractivity contribution in [2.45, 2.75) is 49.5 Å². The molecule has 3 nitrogen and oxygen atoms in total. The van der Waals surface area contributed by atoms with Crippen LogP contribution in [0.3, 0.4) is 0 Å². The summed E-state index contributed by atoms with van der Waals surface area (Å²) in [6, 6.07) is 13.1. The molecule has 0 saturated heterocycles. The van der Waals surface area contributed by atoms with Crippen LogP contribution in [-0.2, 0) is 10.0 Å². The molecule has 2 aromatic rings. The summed E-state index contributed by atoms with van der Waals surface area (Å²) in [5, 5.41) is 1.74. The van der Waals surface area contributed by atoms with Gasteiger partial charge in [-0.15, -0.1) is 0 Å². The Balaban J connectivity index is 2.00. The molecule has 1 saturated carbocycles. The summed E-state index contributed by atoms with van der Waals surface area (Å²) in [6.07, 6.45) is 5.21. The predicted octanol–water partition coefficient (Wildman–Crippen LogP) is 3.84. The minimum atomic E-state index is -3.49. The van der Waals surface area contributed by atoms with Crippen LogP contribution >= 0.6 is 0 Å². The third-order valence-corrected chi connectivity index (χ3v) is 6.07. The van der Waals surface area contributed by atoms with Gasteiger partial charge in [-0.1, -0.05) is 55.7 Å². The van der Waals surface area contributed by atoms with E-state index in [0.717, 1.165) is 36.5 Å². The lowest BCUT2D eigenvalue weighted by atomic mass is 9.84. The molecule has 0 heterocycles. The van der Waals surface area contributed by atoms with Gasteiger partial charge >= 0.3 is 0 Å². The summed E-state index contributed by atoms with van der Waals surface area (Å²) < 4.78 is 28.6. The number of nitrogens with one attached hydrogen (secondary N) is 1. The van der Waals surface area contributed by atoms with Gasteiger partial charge in [0.2, 0.25) is 10.0 Å². The van der Waals surface area contributed by atoms with E-state index < -0.39 is 10.0 Å². The highest BCUT2D eigenvalue weighted by Gasteiger charge is 2.32. The Morgan fingerprint density at radius 1 is 0.952 bits per heavy atom. The van der Waals surface area contributed by atoms with E-state index in [0.29, 0.717) is 4.90 Å². The van der Waals surface area contributed by atoms with Gasteiger partial charge in [-0.3, -0.25) is 0 Å². The fourth-order valence-corrected chi connectivity index (χ4v) is 4.94. The first-order chi connectivity index (χ1) is 10.0. The molecule has 4 heteroatoms. The summed E-state index contributed by atoms with van der Waals surface area (Å²) in [7, 11) is -3.49. The van der Waals surface area contributed by atoms with Crippen LogP contribution in [0.1, 0.15) is 39.0 Å². The number of hydrogen-bond donors (Lipinski definition) is 1. The summed E-state index contributed by atoms with van der Waals surface area (Å²) in [6.45, 7) is 2.02. The molecule has 0 unspecified atom stereocenters. The number of hydrogen-bond acceptors (Lipinski definition) is 2. The van der Waals surface area contributed by atoms with Crippen LogP contribution in [0.5, 0.6) is 0 Å². The molecule has 0 aliphatic heterocycles. The zero-order chi connectivity index (χ0) is 14.9. The highest BCUT2D eigenvalue weighted by Crippen LogP contribution is 2.30. The van der Waals surface area contributed by atoms with Gasteiger partial charge in [-0.05, 0) is 31.2 Å². The molecule has 3 rings (SSSR count). The topological polar surface area (TPSA) is 46.2 Å². The summed E-state index contributed by atoms with van der Waals surface area (Å²) in [5.41, 5.74) is -0.311. The smallest absolute Gasteiger partial charge is 0.207 e. The predicted molar refractivity (Wildman–Crippen MR) is 85.8 cm³/mol. The van der Waals surface area contributed by atoms with E-state index in [4.69, 9.17) is 0 Å². The zero-order valence-electron chi connectivity index (χ0n) is 12.3. The second-order valence-corrected chi connectivity index (χ2v) is 7.85. The van der Waals surface area contributed by atoms with Crippen molar-refractivity contribution in [3.63, 3.8) is 0 Å². The SMILES string of the molecule is CC1(NS(=O)(=O)c2cccc3ccccc23)CCCCC1. The van der Waals surface area contributed by atoms with Crippen LogP contribution in [0.25, 0.3) is 10.8 Å². The van der Waals surface area contributed by atoms with Gasteiger partial charge < -0.3 is 0 Å². The monoisotopic (exact) mass is 303 g/mol. The zero-order valence-corrected chi connectivity index (χ0v) is 13.1. The number of benzene rings is 2. The van der Waals surface area contributed by atoms with Gasteiger partial charge in [0.25, 0.3) is 0 Å². The van der Waals surface area contributed by atoms with Crippen molar-refractivity contribution in [2.24, 2.45) is 0 Å². The van der Waals surface area contributed by atoms with Gasteiger partial charge in [-0.25, -0.2) is 13.1 Å². The fraction of sp³-hybridized carbons (Fsp3) is 0.412. The minimum Gasteiger partial charge on any atom is -0.207 e. The molecule has 0 aromatic heterocycles. The van der Waals surface area contributed by atoms with Gasteiger partial charge in [-0.2, -0.15) is 0 Å². The molecule has 1 fully saturated rings. The van der Waals surface area contributed by atoms with Crippen molar-refractivity contribution >= 4 is 20.8 Å². The maximum absolute atomic E-state index is 12.8. The molecular weight excluding hydrogens is 282 g/mol. The van der Waals surface area contributed by atoms with Crippen molar-refractivity contribution in [2.75, 3.05) is 0 Å². The highest BCUT2D eigenvalue weighted by molar-refractivity contribution is 7.89. The van der Waals surface area contributed by atoms with Crippen molar-refractivity contribution in [1.29, 1.82) is 0 Å². The molecule has 1 N–H and O–H groups in total. The molecule has 1 aliphatic carbocycles. The molecule has 0 atom stereocenters. The molecule has 2 aromatic carbocycles. The van der Waals surface area contributed by atoms with Crippen LogP contribution in [0.4, 0.5) is 0 Å². The molecule has 0 bridgehead atoms. The van der Waals surface area contributed by atoms with Crippen LogP contribution in [0.15, 0.2) is 47.4 Å². The Hall–Kier alpha value is -1.39. The third kappa shape index (κ3) is 2.97. The largest absolute Gasteiger partial charge is 0.241 e. The van der Waals surface area contributed by atoms with Gasteiger partial charge in [0, 0.05) is 10.9 Å². The Labute approximate surface area is 126 Å². The number of sulfonamides is 1. The molecule has 0 radical (unpaired) electrons. The van der Waals surface area contributed by atoms with Gasteiger partial charge in [0.05, 0.1) is 4.90 Å². The lowest BCUT2D eigenvalue weighted by Crippen LogP contribution is -2.47. The molecular formula is C17H21NO2S. The Bertz CT molecular complexity index is 741. The van der Waals surface area contributed by atoms with Crippen LogP contribution in [-0.4, -0.2) is 14.0 Å². The van der Waals surface area contributed by atoms with E-state index in [9.17, 15) is 8.42 Å². The van der Waals surface area contributed by atoms with Gasteiger partial charge in [0.1, 0.15) is 0 Å². The van der Waals surface area contributed by atoms with Crippen molar-refractivity contribution in [1.82, 2.24) is 4.72 Å².